The van der Waals surface area contributed by atoms with Crippen molar-refractivity contribution in [2.45, 2.75) is 70.9 Å². The average molecular weight is 301 g/mol. The second-order valence-corrected chi connectivity index (χ2v) is 6.29. The monoisotopic (exact) mass is 301 g/mol. The lowest BCUT2D eigenvalue weighted by molar-refractivity contribution is 0.00266. The Morgan fingerprint density at radius 1 is 1.10 bits per heavy atom. The maximum absolute atomic E-state index is 9.91. The number of ether oxygens (including phenoxy) is 2. The Morgan fingerprint density at radius 2 is 1.81 bits per heavy atom. The van der Waals surface area contributed by atoms with Crippen LogP contribution in [0.1, 0.15) is 58.8 Å². The predicted molar refractivity (Wildman–Crippen MR) is 86.6 cm³/mol. The number of rotatable bonds is 12. The number of aliphatic hydroxyl groups is 1. The number of aliphatic hydroxyl groups excluding tert-OH is 1. The Balaban J connectivity index is 1.94. The first-order valence-electron chi connectivity index (χ1n) is 8.81. The molecule has 0 spiro atoms. The standard InChI is InChI=1S/C17H35NO3/c1-3-4-10-20-11-12-21-14-17(19)13-18-15(2)16-8-6-5-7-9-16/h15-19H,3-14H2,1-2H3. The topological polar surface area (TPSA) is 50.7 Å². The van der Waals surface area contributed by atoms with Crippen LogP contribution < -0.4 is 5.32 Å². The molecular formula is C17H35NO3. The molecule has 1 rings (SSSR count). The molecule has 0 aromatic carbocycles. The van der Waals surface area contributed by atoms with E-state index in [1.165, 1.54) is 32.1 Å². The van der Waals surface area contributed by atoms with E-state index in [4.69, 9.17) is 9.47 Å². The Kier molecular flexibility index (Phi) is 11.1. The van der Waals surface area contributed by atoms with Crippen LogP contribution in [-0.4, -0.2) is 50.2 Å². The highest BCUT2D eigenvalue weighted by Gasteiger charge is 2.20. The molecule has 21 heavy (non-hydrogen) atoms. The van der Waals surface area contributed by atoms with Crippen molar-refractivity contribution in [3.8, 4) is 0 Å². The third-order valence-corrected chi connectivity index (χ3v) is 4.36. The van der Waals surface area contributed by atoms with Gasteiger partial charge in [-0.2, -0.15) is 0 Å². The van der Waals surface area contributed by atoms with Gasteiger partial charge in [-0.05, 0) is 32.1 Å². The van der Waals surface area contributed by atoms with E-state index in [1.54, 1.807) is 0 Å². The fraction of sp³-hybridized carbons (Fsp3) is 1.00. The molecule has 1 aliphatic carbocycles. The largest absolute Gasteiger partial charge is 0.389 e. The molecule has 0 saturated heterocycles. The third-order valence-electron chi connectivity index (χ3n) is 4.36. The zero-order valence-corrected chi connectivity index (χ0v) is 14.0. The van der Waals surface area contributed by atoms with Crippen molar-refractivity contribution >= 4 is 0 Å². The summed E-state index contributed by atoms with van der Waals surface area (Å²) in [5.41, 5.74) is 0. The van der Waals surface area contributed by atoms with Crippen molar-refractivity contribution in [2.24, 2.45) is 5.92 Å². The molecule has 0 amide bonds. The zero-order chi connectivity index (χ0) is 15.3. The van der Waals surface area contributed by atoms with E-state index in [2.05, 4.69) is 19.2 Å². The van der Waals surface area contributed by atoms with E-state index in [0.29, 0.717) is 32.4 Å². The van der Waals surface area contributed by atoms with Crippen molar-refractivity contribution in [3.63, 3.8) is 0 Å². The van der Waals surface area contributed by atoms with Crippen molar-refractivity contribution in [1.29, 1.82) is 0 Å². The molecule has 0 radical (unpaired) electrons. The van der Waals surface area contributed by atoms with Gasteiger partial charge in [0.1, 0.15) is 0 Å². The van der Waals surface area contributed by atoms with Crippen molar-refractivity contribution < 1.29 is 14.6 Å². The van der Waals surface area contributed by atoms with Crippen LogP contribution in [0.2, 0.25) is 0 Å². The van der Waals surface area contributed by atoms with Gasteiger partial charge < -0.3 is 19.9 Å². The highest BCUT2D eigenvalue weighted by atomic mass is 16.5. The quantitative estimate of drug-likeness (QED) is 0.544. The molecular weight excluding hydrogens is 266 g/mol. The fourth-order valence-corrected chi connectivity index (χ4v) is 2.87. The minimum atomic E-state index is -0.424. The Morgan fingerprint density at radius 3 is 2.52 bits per heavy atom. The third kappa shape index (κ3) is 9.46. The minimum Gasteiger partial charge on any atom is -0.389 e. The highest BCUT2D eigenvalue weighted by molar-refractivity contribution is 4.76. The van der Waals surface area contributed by atoms with Gasteiger partial charge in [0.05, 0.1) is 25.9 Å². The molecule has 2 atom stereocenters. The lowest BCUT2D eigenvalue weighted by Gasteiger charge is -2.29. The molecule has 0 aromatic heterocycles. The molecule has 126 valence electrons. The molecule has 2 unspecified atom stereocenters. The molecule has 0 aliphatic heterocycles. The summed E-state index contributed by atoms with van der Waals surface area (Å²) in [6.45, 7) is 7.40. The first-order valence-corrected chi connectivity index (χ1v) is 8.81. The van der Waals surface area contributed by atoms with Gasteiger partial charge in [0, 0.05) is 19.2 Å². The number of unbranched alkanes of at least 4 members (excludes halogenated alkanes) is 1. The summed E-state index contributed by atoms with van der Waals surface area (Å²) in [5, 5.41) is 13.4. The van der Waals surface area contributed by atoms with Gasteiger partial charge in [0.15, 0.2) is 0 Å². The van der Waals surface area contributed by atoms with Gasteiger partial charge in [0.25, 0.3) is 0 Å². The van der Waals surface area contributed by atoms with Crippen LogP contribution in [0.3, 0.4) is 0 Å². The first-order chi connectivity index (χ1) is 10.2. The van der Waals surface area contributed by atoms with E-state index in [0.717, 1.165) is 25.4 Å². The molecule has 0 bridgehead atoms. The molecule has 0 aromatic rings. The summed E-state index contributed by atoms with van der Waals surface area (Å²) < 4.78 is 10.8. The SMILES string of the molecule is CCCCOCCOCC(O)CNC(C)C1CCCCC1. The summed E-state index contributed by atoms with van der Waals surface area (Å²) in [7, 11) is 0. The molecule has 1 saturated carbocycles. The maximum atomic E-state index is 9.91. The molecule has 1 fully saturated rings. The number of hydrogen-bond donors (Lipinski definition) is 2. The Hall–Kier alpha value is -0.160. The highest BCUT2D eigenvalue weighted by Crippen LogP contribution is 2.26. The van der Waals surface area contributed by atoms with E-state index in [-0.39, 0.29) is 0 Å². The van der Waals surface area contributed by atoms with Crippen LogP contribution in [0.25, 0.3) is 0 Å². The zero-order valence-electron chi connectivity index (χ0n) is 14.0. The van der Waals surface area contributed by atoms with Crippen LogP contribution in [-0.2, 0) is 9.47 Å². The van der Waals surface area contributed by atoms with E-state index >= 15 is 0 Å². The van der Waals surface area contributed by atoms with Crippen molar-refractivity contribution in [3.05, 3.63) is 0 Å². The smallest absolute Gasteiger partial charge is 0.0897 e. The van der Waals surface area contributed by atoms with Crippen LogP contribution in [0, 0.1) is 5.92 Å². The normalized spacial score (nSPS) is 19.6. The molecule has 1 aliphatic rings. The molecule has 4 nitrogen and oxygen atoms in total. The van der Waals surface area contributed by atoms with Crippen LogP contribution in [0.4, 0.5) is 0 Å². The number of hydrogen-bond acceptors (Lipinski definition) is 4. The Labute approximate surface area is 130 Å². The summed E-state index contributed by atoms with van der Waals surface area (Å²) in [4.78, 5) is 0. The van der Waals surface area contributed by atoms with Crippen LogP contribution >= 0.6 is 0 Å². The fourth-order valence-electron chi connectivity index (χ4n) is 2.87. The lowest BCUT2D eigenvalue weighted by atomic mass is 9.84. The molecule has 4 heteroatoms. The lowest BCUT2D eigenvalue weighted by Crippen LogP contribution is -2.40. The van der Waals surface area contributed by atoms with E-state index < -0.39 is 6.10 Å². The van der Waals surface area contributed by atoms with Crippen molar-refractivity contribution in [1.82, 2.24) is 5.32 Å². The van der Waals surface area contributed by atoms with Crippen molar-refractivity contribution in [2.75, 3.05) is 33.0 Å². The maximum Gasteiger partial charge on any atom is 0.0897 e. The van der Waals surface area contributed by atoms with E-state index in [1.807, 2.05) is 0 Å². The second kappa shape index (κ2) is 12.4. The second-order valence-electron chi connectivity index (χ2n) is 6.29. The van der Waals surface area contributed by atoms with Crippen LogP contribution in [0.5, 0.6) is 0 Å². The van der Waals surface area contributed by atoms with Gasteiger partial charge in [-0.25, -0.2) is 0 Å². The number of nitrogens with one attached hydrogen (secondary N) is 1. The van der Waals surface area contributed by atoms with Gasteiger partial charge in [-0.1, -0.05) is 32.6 Å². The average Bonchev–Trinajstić information content (AvgIpc) is 2.52. The van der Waals surface area contributed by atoms with E-state index in [9.17, 15) is 5.11 Å². The predicted octanol–water partition coefficient (Wildman–Crippen LogP) is 2.74. The van der Waals surface area contributed by atoms with Gasteiger partial charge in [-0.15, -0.1) is 0 Å². The summed E-state index contributed by atoms with van der Waals surface area (Å²) in [5.74, 6) is 0.777. The molecule has 2 N–H and O–H groups in total. The summed E-state index contributed by atoms with van der Waals surface area (Å²) >= 11 is 0. The Bertz CT molecular complexity index is 232. The first kappa shape index (κ1) is 18.9. The molecule has 0 heterocycles. The van der Waals surface area contributed by atoms with Crippen LogP contribution in [0.15, 0.2) is 0 Å². The van der Waals surface area contributed by atoms with Gasteiger partial charge >= 0.3 is 0 Å². The van der Waals surface area contributed by atoms with Gasteiger partial charge in [-0.3, -0.25) is 0 Å². The minimum absolute atomic E-state index is 0.390. The summed E-state index contributed by atoms with van der Waals surface area (Å²) in [6, 6.07) is 0.498. The summed E-state index contributed by atoms with van der Waals surface area (Å²) in [6.07, 6.45) is 8.61. The van der Waals surface area contributed by atoms with Gasteiger partial charge in [0.2, 0.25) is 0 Å².